The van der Waals surface area contributed by atoms with Crippen LogP contribution in [-0.2, 0) is 20.7 Å². The van der Waals surface area contributed by atoms with Gasteiger partial charge >= 0.3 is 12.0 Å². The lowest BCUT2D eigenvalue weighted by atomic mass is 10.1. The second-order valence-corrected chi connectivity index (χ2v) is 4.01. The van der Waals surface area contributed by atoms with Crippen LogP contribution in [0.4, 0.5) is 9.18 Å². The molecule has 0 fully saturated rings. The summed E-state index contributed by atoms with van der Waals surface area (Å²) in [5.74, 6) is -1.88. The molecule has 20 heavy (non-hydrogen) atoms. The first-order valence-corrected chi connectivity index (χ1v) is 5.89. The lowest BCUT2D eigenvalue weighted by Gasteiger charge is -2.12. The summed E-state index contributed by atoms with van der Waals surface area (Å²) >= 11 is 0. The molecular weight excluding hydrogens is 267 g/mol. The van der Waals surface area contributed by atoms with E-state index < -0.39 is 29.8 Å². The minimum absolute atomic E-state index is 0.157. The van der Waals surface area contributed by atoms with Crippen LogP contribution in [0.1, 0.15) is 12.5 Å². The molecule has 3 amide bonds. The van der Waals surface area contributed by atoms with E-state index in [0.29, 0.717) is 5.56 Å². The molecule has 0 spiro atoms. The third-order valence-electron chi connectivity index (χ3n) is 2.38. The number of ether oxygens (including phenoxy) is 1. The van der Waals surface area contributed by atoms with E-state index in [9.17, 15) is 18.8 Å². The van der Waals surface area contributed by atoms with Crippen LogP contribution >= 0.6 is 0 Å². The minimum atomic E-state index is -1.12. The van der Waals surface area contributed by atoms with Gasteiger partial charge in [-0.3, -0.25) is 14.9 Å². The first kappa shape index (κ1) is 15.6. The number of urea groups is 1. The summed E-state index contributed by atoms with van der Waals surface area (Å²) in [5.41, 5.74) is 0.439. The van der Waals surface area contributed by atoms with Gasteiger partial charge in [-0.15, -0.1) is 0 Å². The fourth-order valence-corrected chi connectivity index (χ4v) is 1.38. The number of nitrogens with one attached hydrogen (secondary N) is 2. The third-order valence-corrected chi connectivity index (χ3v) is 2.38. The van der Waals surface area contributed by atoms with Crippen LogP contribution in [0.2, 0.25) is 0 Å². The summed E-state index contributed by atoms with van der Waals surface area (Å²) in [6.45, 7) is 1.34. The van der Waals surface area contributed by atoms with Gasteiger partial charge in [0.2, 0.25) is 0 Å². The average Bonchev–Trinajstić information content (AvgIpc) is 2.38. The van der Waals surface area contributed by atoms with E-state index in [0.717, 1.165) is 0 Å². The van der Waals surface area contributed by atoms with Crippen LogP contribution in [-0.4, -0.2) is 31.1 Å². The zero-order valence-corrected chi connectivity index (χ0v) is 11.1. The number of hydrogen-bond donors (Lipinski definition) is 2. The Morgan fingerprint density at radius 2 is 2.05 bits per heavy atom. The molecular formula is C13H15FN2O4. The molecule has 0 aromatic heterocycles. The number of rotatable bonds is 4. The molecule has 1 atom stereocenters. The third kappa shape index (κ3) is 5.05. The van der Waals surface area contributed by atoms with E-state index in [1.807, 2.05) is 5.32 Å². The topological polar surface area (TPSA) is 84.5 Å². The molecule has 108 valence electrons. The van der Waals surface area contributed by atoms with Crippen molar-refractivity contribution in [2.75, 3.05) is 7.05 Å². The van der Waals surface area contributed by atoms with Crippen molar-refractivity contribution in [2.24, 2.45) is 0 Å². The Morgan fingerprint density at radius 1 is 1.35 bits per heavy atom. The Kier molecular flexibility index (Phi) is 5.64. The Hall–Kier alpha value is -2.44. The molecule has 0 bridgehead atoms. The van der Waals surface area contributed by atoms with Crippen LogP contribution in [0.3, 0.4) is 0 Å². The SMILES string of the molecule is CNC(=O)NC(=O)[C@@H](C)OC(=O)Cc1cccc(F)c1. The van der Waals surface area contributed by atoms with Gasteiger partial charge in [-0.25, -0.2) is 9.18 Å². The summed E-state index contributed by atoms with van der Waals surface area (Å²) in [6.07, 6.45) is -1.27. The van der Waals surface area contributed by atoms with Gasteiger partial charge in [0.15, 0.2) is 6.10 Å². The number of carbonyl (C=O) groups excluding carboxylic acids is 3. The molecule has 0 saturated carbocycles. The lowest BCUT2D eigenvalue weighted by Crippen LogP contribution is -2.43. The number of esters is 1. The van der Waals surface area contributed by atoms with E-state index in [1.165, 1.54) is 32.2 Å². The predicted molar refractivity (Wildman–Crippen MR) is 68.3 cm³/mol. The smallest absolute Gasteiger partial charge is 0.321 e. The van der Waals surface area contributed by atoms with Crippen molar-refractivity contribution < 1.29 is 23.5 Å². The highest BCUT2D eigenvalue weighted by Gasteiger charge is 2.19. The van der Waals surface area contributed by atoms with Crippen molar-refractivity contribution in [3.05, 3.63) is 35.6 Å². The molecule has 0 aliphatic heterocycles. The van der Waals surface area contributed by atoms with Gasteiger partial charge in [0, 0.05) is 7.05 Å². The van der Waals surface area contributed by atoms with E-state index >= 15 is 0 Å². The van der Waals surface area contributed by atoms with Gasteiger partial charge in [-0.2, -0.15) is 0 Å². The zero-order chi connectivity index (χ0) is 15.1. The molecule has 0 radical (unpaired) electrons. The Labute approximate surface area is 115 Å². The Balaban J connectivity index is 2.49. The molecule has 0 aliphatic carbocycles. The second-order valence-electron chi connectivity index (χ2n) is 4.01. The Bertz CT molecular complexity index is 519. The number of carbonyl (C=O) groups is 3. The maximum atomic E-state index is 12.9. The molecule has 1 aromatic rings. The largest absolute Gasteiger partial charge is 0.452 e. The van der Waals surface area contributed by atoms with Crippen LogP contribution < -0.4 is 10.6 Å². The highest BCUT2D eigenvalue weighted by Crippen LogP contribution is 2.06. The van der Waals surface area contributed by atoms with Crippen LogP contribution in [0.15, 0.2) is 24.3 Å². The summed E-state index contributed by atoms with van der Waals surface area (Å²) in [5, 5.41) is 4.18. The van der Waals surface area contributed by atoms with Crippen LogP contribution in [0, 0.1) is 5.82 Å². The molecule has 0 unspecified atom stereocenters. The Morgan fingerprint density at radius 3 is 2.65 bits per heavy atom. The van der Waals surface area contributed by atoms with E-state index in [1.54, 1.807) is 6.07 Å². The van der Waals surface area contributed by atoms with Gasteiger partial charge < -0.3 is 10.1 Å². The van der Waals surface area contributed by atoms with Crippen LogP contribution in [0.5, 0.6) is 0 Å². The molecule has 6 nitrogen and oxygen atoms in total. The number of imide groups is 1. The number of benzene rings is 1. The van der Waals surface area contributed by atoms with Gasteiger partial charge in [0.1, 0.15) is 5.82 Å². The number of hydrogen-bond acceptors (Lipinski definition) is 4. The highest BCUT2D eigenvalue weighted by molar-refractivity contribution is 5.97. The van der Waals surface area contributed by atoms with E-state index in [-0.39, 0.29) is 6.42 Å². The standard InChI is InChI=1S/C13H15FN2O4/c1-8(12(18)16-13(19)15-2)20-11(17)7-9-4-3-5-10(14)6-9/h3-6,8H,7H2,1-2H3,(H2,15,16,18,19)/t8-/m1/s1. The second kappa shape index (κ2) is 7.22. The van der Waals surface area contributed by atoms with Crippen molar-refractivity contribution in [1.29, 1.82) is 0 Å². The summed E-state index contributed by atoms with van der Waals surface area (Å²) < 4.78 is 17.8. The molecule has 7 heteroatoms. The van der Waals surface area contributed by atoms with E-state index in [2.05, 4.69) is 5.32 Å². The maximum Gasteiger partial charge on any atom is 0.321 e. The highest BCUT2D eigenvalue weighted by atomic mass is 19.1. The van der Waals surface area contributed by atoms with Crippen LogP contribution in [0.25, 0.3) is 0 Å². The molecule has 1 rings (SSSR count). The quantitative estimate of drug-likeness (QED) is 0.798. The average molecular weight is 282 g/mol. The fourth-order valence-electron chi connectivity index (χ4n) is 1.38. The monoisotopic (exact) mass is 282 g/mol. The van der Waals surface area contributed by atoms with Crippen molar-refractivity contribution in [3.63, 3.8) is 0 Å². The normalized spacial score (nSPS) is 11.3. The predicted octanol–water partition coefficient (Wildman–Crippen LogP) is 0.755. The summed E-state index contributed by atoms with van der Waals surface area (Å²) in [4.78, 5) is 33.9. The molecule has 0 heterocycles. The fraction of sp³-hybridized carbons (Fsp3) is 0.308. The van der Waals surface area contributed by atoms with Gasteiger partial charge in [-0.1, -0.05) is 12.1 Å². The number of amides is 3. The van der Waals surface area contributed by atoms with Crippen molar-refractivity contribution >= 4 is 17.9 Å². The minimum Gasteiger partial charge on any atom is -0.452 e. The van der Waals surface area contributed by atoms with Crippen molar-refractivity contribution in [2.45, 2.75) is 19.4 Å². The molecule has 0 aliphatic rings. The first-order chi connectivity index (χ1) is 9.42. The van der Waals surface area contributed by atoms with Crippen molar-refractivity contribution in [1.82, 2.24) is 10.6 Å². The van der Waals surface area contributed by atoms with Gasteiger partial charge in [0.25, 0.3) is 5.91 Å². The molecule has 1 aromatic carbocycles. The summed E-state index contributed by atoms with van der Waals surface area (Å²) in [6, 6.07) is 4.81. The van der Waals surface area contributed by atoms with E-state index in [4.69, 9.17) is 4.74 Å². The van der Waals surface area contributed by atoms with Gasteiger partial charge in [0.05, 0.1) is 6.42 Å². The summed E-state index contributed by atoms with van der Waals surface area (Å²) in [7, 11) is 1.35. The zero-order valence-electron chi connectivity index (χ0n) is 11.1. The molecule has 2 N–H and O–H groups in total. The first-order valence-electron chi connectivity index (χ1n) is 5.89. The maximum absolute atomic E-state index is 12.9. The van der Waals surface area contributed by atoms with Gasteiger partial charge in [-0.05, 0) is 24.6 Å². The van der Waals surface area contributed by atoms with Crippen molar-refractivity contribution in [3.8, 4) is 0 Å². The number of halogens is 1. The molecule has 0 saturated heterocycles. The lowest BCUT2D eigenvalue weighted by molar-refractivity contribution is -0.153.